The van der Waals surface area contributed by atoms with Gasteiger partial charge in [-0.3, -0.25) is 0 Å². The molecule has 0 aromatic heterocycles. The van der Waals surface area contributed by atoms with E-state index in [-0.39, 0.29) is 6.61 Å². The van der Waals surface area contributed by atoms with Crippen LogP contribution in [0.4, 0.5) is 0 Å². The van der Waals surface area contributed by atoms with E-state index < -0.39 is 0 Å². The van der Waals surface area contributed by atoms with Crippen LogP contribution in [0.25, 0.3) is 0 Å². The molecule has 0 aromatic rings. The number of likely N-dealkylation sites (tertiary alicyclic amines) is 1. The molecular weight excluding hydrogens is 178 g/mol. The topological polar surface area (TPSA) is 32.7 Å². The first-order valence-electron chi connectivity index (χ1n) is 5.74. The quantitative estimate of drug-likeness (QED) is 0.654. The van der Waals surface area contributed by atoms with Gasteiger partial charge in [-0.05, 0) is 38.3 Å². The molecule has 1 saturated heterocycles. The highest BCUT2D eigenvalue weighted by Crippen LogP contribution is 2.15. The minimum atomic E-state index is 0.140. The van der Waals surface area contributed by atoms with Crippen LogP contribution in [-0.2, 0) is 4.74 Å². The molecule has 1 fully saturated rings. The maximum absolute atomic E-state index is 8.51. The minimum Gasteiger partial charge on any atom is -0.394 e. The van der Waals surface area contributed by atoms with Crippen molar-refractivity contribution in [3.63, 3.8) is 0 Å². The molecule has 0 atom stereocenters. The fraction of sp³-hybridized carbons (Fsp3) is 1.00. The lowest BCUT2D eigenvalue weighted by Gasteiger charge is -2.29. The van der Waals surface area contributed by atoms with Gasteiger partial charge in [-0.25, -0.2) is 0 Å². The van der Waals surface area contributed by atoms with Gasteiger partial charge in [-0.15, -0.1) is 0 Å². The average Bonchev–Trinajstić information content (AvgIpc) is 2.21. The largest absolute Gasteiger partial charge is 0.394 e. The molecule has 1 aliphatic heterocycles. The van der Waals surface area contributed by atoms with Crippen LogP contribution in [0, 0.1) is 5.92 Å². The van der Waals surface area contributed by atoms with E-state index in [0.717, 1.165) is 25.5 Å². The van der Waals surface area contributed by atoms with Crippen LogP contribution in [0.1, 0.15) is 26.2 Å². The van der Waals surface area contributed by atoms with Crippen molar-refractivity contribution in [3.05, 3.63) is 0 Å². The van der Waals surface area contributed by atoms with Crippen LogP contribution in [0.3, 0.4) is 0 Å². The van der Waals surface area contributed by atoms with E-state index in [1.807, 2.05) is 0 Å². The first kappa shape index (κ1) is 12.0. The molecule has 3 nitrogen and oxygen atoms in total. The van der Waals surface area contributed by atoms with E-state index in [2.05, 4.69) is 11.8 Å². The molecule has 0 saturated carbocycles. The summed E-state index contributed by atoms with van der Waals surface area (Å²) in [4.78, 5) is 2.52. The van der Waals surface area contributed by atoms with Crippen molar-refractivity contribution in [2.45, 2.75) is 26.2 Å². The molecule has 0 amide bonds. The molecule has 0 spiro atoms. The third kappa shape index (κ3) is 4.94. The Bertz CT molecular complexity index is 133. The third-order valence-electron chi connectivity index (χ3n) is 2.87. The molecular formula is C11H23NO2. The summed E-state index contributed by atoms with van der Waals surface area (Å²) in [5, 5.41) is 8.51. The van der Waals surface area contributed by atoms with Crippen LogP contribution >= 0.6 is 0 Å². The number of aliphatic hydroxyl groups excluding tert-OH is 1. The highest BCUT2D eigenvalue weighted by Gasteiger charge is 2.14. The zero-order valence-electron chi connectivity index (χ0n) is 9.24. The van der Waals surface area contributed by atoms with Gasteiger partial charge in [-0.2, -0.15) is 0 Å². The Morgan fingerprint density at radius 2 is 2.00 bits per heavy atom. The number of hydrogen-bond acceptors (Lipinski definition) is 3. The number of nitrogens with zero attached hydrogens (tertiary/aromatic N) is 1. The van der Waals surface area contributed by atoms with Crippen molar-refractivity contribution >= 4 is 0 Å². The summed E-state index contributed by atoms with van der Waals surface area (Å²) in [5.74, 6) is 0.914. The lowest BCUT2D eigenvalue weighted by atomic mass is 9.99. The molecule has 1 aliphatic rings. The normalized spacial score (nSPS) is 20.1. The summed E-state index contributed by atoms with van der Waals surface area (Å²) < 4.78 is 5.22. The second-order valence-electron chi connectivity index (χ2n) is 4.21. The van der Waals surface area contributed by atoms with Crippen molar-refractivity contribution < 1.29 is 9.84 Å². The number of rotatable bonds is 6. The molecule has 84 valence electrons. The Labute approximate surface area is 87.1 Å². The Morgan fingerprint density at radius 1 is 1.29 bits per heavy atom. The molecule has 0 aromatic carbocycles. The average molecular weight is 201 g/mol. The van der Waals surface area contributed by atoms with Crippen LogP contribution in [-0.4, -0.2) is 49.5 Å². The molecule has 1 heterocycles. The molecule has 0 radical (unpaired) electrons. The van der Waals surface area contributed by atoms with Gasteiger partial charge in [0.05, 0.1) is 13.2 Å². The number of hydrogen-bond donors (Lipinski definition) is 1. The van der Waals surface area contributed by atoms with Crippen molar-refractivity contribution in [1.29, 1.82) is 0 Å². The SMILES string of the molecule is CC1CCN(CCCOCCO)CC1. The summed E-state index contributed by atoms with van der Waals surface area (Å²) in [7, 11) is 0. The van der Waals surface area contributed by atoms with Crippen LogP contribution < -0.4 is 0 Å². The second kappa shape index (κ2) is 7.21. The Hall–Kier alpha value is -0.120. The summed E-state index contributed by atoms with van der Waals surface area (Å²) in [5.41, 5.74) is 0. The van der Waals surface area contributed by atoms with Crippen LogP contribution in [0.15, 0.2) is 0 Å². The number of piperidine rings is 1. The van der Waals surface area contributed by atoms with E-state index in [1.165, 1.54) is 25.9 Å². The Kier molecular flexibility index (Phi) is 6.15. The maximum Gasteiger partial charge on any atom is 0.0697 e. The summed E-state index contributed by atoms with van der Waals surface area (Å²) >= 11 is 0. The van der Waals surface area contributed by atoms with Crippen LogP contribution in [0.2, 0.25) is 0 Å². The third-order valence-corrected chi connectivity index (χ3v) is 2.87. The van der Waals surface area contributed by atoms with Crippen molar-refractivity contribution in [2.24, 2.45) is 5.92 Å². The Balaban J connectivity index is 1.91. The molecule has 14 heavy (non-hydrogen) atoms. The predicted octanol–water partition coefficient (Wildman–Crippen LogP) is 1.12. The molecule has 1 rings (SSSR count). The zero-order valence-corrected chi connectivity index (χ0v) is 9.24. The zero-order chi connectivity index (χ0) is 10.2. The fourth-order valence-corrected chi connectivity index (χ4v) is 1.84. The van der Waals surface area contributed by atoms with Gasteiger partial charge in [0.1, 0.15) is 0 Å². The van der Waals surface area contributed by atoms with Crippen molar-refractivity contribution in [2.75, 3.05) is 39.5 Å². The van der Waals surface area contributed by atoms with Gasteiger partial charge in [0.2, 0.25) is 0 Å². The van der Waals surface area contributed by atoms with Gasteiger partial charge >= 0.3 is 0 Å². The highest BCUT2D eigenvalue weighted by molar-refractivity contribution is 4.68. The second-order valence-corrected chi connectivity index (χ2v) is 4.21. The van der Waals surface area contributed by atoms with E-state index in [4.69, 9.17) is 9.84 Å². The van der Waals surface area contributed by atoms with Gasteiger partial charge in [0.15, 0.2) is 0 Å². The summed E-state index contributed by atoms with van der Waals surface area (Å²) in [6, 6.07) is 0. The van der Waals surface area contributed by atoms with Gasteiger partial charge in [0.25, 0.3) is 0 Å². The van der Waals surface area contributed by atoms with E-state index in [9.17, 15) is 0 Å². The van der Waals surface area contributed by atoms with Crippen LogP contribution in [0.5, 0.6) is 0 Å². The van der Waals surface area contributed by atoms with Crippen molar-refractivity contribution in [3.8, 4) is 0 Å². The number of aliphatic hydroxyl groups is 1. The van der Waals surface area contributed by atoms with Gasteiger partial charge in [0, 0.05) is 13.2 Å². The standard InChI is InChI=1S/C11H23NO2/c1-11-3-6-12(7-4-11)5-2-9-14-10-8-13/h11,13H,2-10H2,1H3. The Morgan fingerprint density at radius 3 is 2.64 bits per heavy atom. The molecule has 0 bridgehead atoms. The smallest absolute Gasteiger partial charge is 0.0697 e. The summed E-state index contributed by atoms with van der Waals surface area (Å²) in [6.07, 6.45) is 3.78. The maximum atomic E-state index is 8.51. The lowest BCUT2D eigenvalue weighted by Crippen LogP contribution is -2.34. The highest BCUT2D eigenvalue weighted by atomic mass is 16.5. The van der Waals surface area contributed by atoms with E-state index in [1.54, 1.807) is 0 Å². The number of ether oxygens (including phenoxy) is 1. The van der Waals surface area contributed by atoms with E-state index in [0.29, 0.717) is 6.61 Å². The first-order valence-corrected chi connectivity index (χ1v) is 5.74. The summed E-state index contributed by atoms with van der Waals surface area (Å²) in [6.45, 7) is 7.40. The molecule has 3 heteroatoms. The lowest BCUT2D eigenvalue weighted by molar-refractivity contribution is 0.0813. The fourth-order valence-electron chi connectivity index (χ4n) is 1.84. The molecule has 0 unspecified atom stereocenters. The van der Waals surface area contributed by atoms with Gasteiger partial charge in [-0.1, -0.05) is 6.92 Å². The van der Waals surface area contributed by atoms with Gasteiger partial charge < -0.3 is 14.7 Å². The monoisotopic (exact) mass is 201 g/mol. The minimum absolute atomic E-state index is 0.140. The van der Waals surface area contributed by atoms with Crippen molar-refractivity contribution in [1.82, 2.24) is 4.90 Å². The van der Waals surface area contributed by atoms with E-state index >= 15 is 0 Å². The molecule has 0 aliphatic carbocycles. The molecule has 1 N–H and O–H groups in total. The predicted molar refractivity (Wildman–Crippen MR) is 57.4 cm³/mol. The first-order chi connectivity index (χ1) is 6.83.